The summed E-state index contributed by atoms with van der Waals surface area (Å²) in [4.78, 5) is 0. The first-order valence-corrected chi connectivity index (χ1v) is 25.1. The first-order chi connectivity index (χ1) is 36.5. The van der Waals surface area contributed by atoms with Crippen LogP contribution in [0, 0.1) is 25.2 Å². The number of benzene rings is 8. The summed E-state index contributed by atoms with van der Waals surface area (Å²) in [5.41, 5.74) is 10.3. The zero-order valence-electron chi connectivity index (χ0n) is 41.9. The fraction of sp³-hybridized carbons (Fsp3) is 0.119. The van der Waals surface area contributed by atoms with Crippen LogP contribution in [0.2, 0.25) is 0 Å². The van der Waals surface area contributed by atoms with Gasteiger partial charge in [0.25, 0.3) is 0 Å². The van der Waals surface area contributed by atoms with Crippen molar-refractivity contribution in [3.8, 4) is 50.8 Å². The van der Waals surface area contributed by atoms with Crippen LogP contribution in [0.3, 0.4) is 0 Å². The molecule has 0 saturated carbocycles. The maximum absolute atomic E-state index is 15.5. The summed E-state index contributed by atoms with van der Waals surface area (Å²) in [6, 6.07) is 48.3. The number of aryl methyl sites for hydroxylation is 2. The summed E-state index contributed by atoms with van der Waals surface area (Å²) in [6.45, 7) is 8.17. The highest BCUT2D eigenvalue weighted by molar-refractivity contribution is 6.13. The highest BCUT2D eigenvalue weighted by Gasteiger charge is 2.39. The molecule has 0 N–H and O–H groups in total. The highest BCUT2D eigenvalue weighted by Crippen LogP contribution is 2.46. The quantitative estimate of drug-likeness (QED) is 0.158. The summed E-state index contributed by atoms with van der Waals surface area (Å²) in [5, 5.41) is 17.2. The Morgan fingerprint density at radius 2 is 0.895 bits per heavy atom. The number of hydrogen-bond donors (Lipinski definition) is 0. The number of nitriles is 1. The van der Waals surface area contributed by atoms with Crippen molar-refractivity contribution in [1.82, 2.24) is 9.13 Å². The lowest BCUT2D eigenvalue weighted by Crippen LogP contribution is -2.13. The predicted octanol–water partition coefficient (Wildman–Crippen LogP) is 17.5. The number of halogens is 6. The highest BCUT2D eigenvalue weighted by atomic mass is 19.4. The minimum absolute atomic E-state index is 0.0252. The lowest BCUT2D eigenvalue weighted by Gasteiger charge is -2.21. The molecule has 9 heteroatoms. The first kappa shape index (κ1) is 48.1. The van der Waals surface area contributed by atoms with Gasteiger partial charge in [-0.2, -0.15) is 31.6 Å². The SMILES string of the molecule is CC1=CC=CC(=c2ccc3c4ccc(=C5C=CC=C(C)C5)cc4n(-c4cc(-c5ccc(C(F)(F)F)cc5C(F)(F)F)cc(-n5c6cc(-c7cccc(C)c7)ccc6c6ccc(-c7cccc(C)c7)cc65)c4C#N)c3c2)C1. The Kier molecular flexibility index (Phi) is 11.5. The van der Waals surface area contributed by atoms with E-state index >= 15 is 13.2 Å². The Hall–Kier alpha value is -8.87. The summed E-state index contributed by atoms with van der Waals surface area (Å²) >= 11 is 0. The van der Waals surface area contributed by atoms with Gasteiger partial charge in [0.15, 0.2) is 0 Å². The minimum Gasteiger partial charge on any atom is -0.308 e. The van der Waals surface area contributed by atoms with Crippen molar-refractivity contribution < 1.29 is 26.3 Å². The van der Waals surface area contributed by atoms with E-state index in [4.69, 9.17) is 0 Å². The van der Waals surface area contributed by atoms with E-state index in [1.54, 1.807) is 6.07 Å². The van der Waals surface area contributed by atoms with Gasteiger partial charge < -0.3 is 9.13 Å². The smallest absolute Gasteiger partial charge is 0.308 e. The molecule has 0 radical (unpaired) electrons. The van der Waals surface area contributed by atoms with Crippen molar-refractivity contribution in [3.05, 3.63) is 238 Å². The molecule has 0 saturated heterocycles. The summed E-state index contributed by atoms with van der Waals surface area (Å²) in [6.07, 6.45) is 3.45. The van der Waals surface area contributed by atoms with Crippen molar-refractivity contribution in [2.45, 2.75) is 52.9 Å². The molecule has 76 heavy (non-hydrogen) atoms. The third-order valence-corrected chi connectivity index (χ3v) is 14.9. The average Bonchev–Trinajstić information content (AvgIpc) is 4.13. The molecule has 2 aromatic heterocycles. The molecular weight excluding hydrogens is 961 g/mol. The van der Waals surface area contributed by atoms with Crippen LogP contribution in [0.5, 0.6) is 0 Å². The molecular formula is C67H47F6N3. The maximum Gasteiger partial charge on any atom is 0.417 e. The number of rotatable bonds is 5. The number of allylic oxidation sites excluding steroid dienone is 8. The first-order valence-electron chi connectivity index (χ1n) is 25.1. The number of hydrogen-bond acceptors (Lipinski definition) is 1. The van der Waals surface area contributed by atoms with Gasteiger partial charge in [0, 0.05) is 21.5 Å². The van der Waals surface area contributed by atoms with E-state index in [1.807, 2.05) is 108 Å². The molecule has 372 valence electrons. The van der Waals surface area contributed by atoms with Gasteiger partial charge in [-0.3, -0.25) is 0 Å². The van der Waals surface area contributed by atoms with Gasteiger partial charge in [-0.05, 0) is 144 Å². The molecule has 2 aliphatic carbocycles. The fourth-order valence-electron chi connectivity index (χ4n) is 11.3. The van der Waals surface area contributed by atoms with Gasteiger partial charge in [0.2, 0.25) is 0 Å². The van der Waals surface area contributed by atoms with E-state index in [0.717, 1.165) is 82.6 Å². The fourth-order valence-corrected chi connectivity index (χ4v) is 11.3. The Balaban J connectivity index is 1.27. The van der Waals surface area contributed by atoms with Crippen LogP contribution in [-0.4, -0.2) is 9.13 Å². The van der Waals surface area contributed by atoms with Crippen LogP contribution in [0.1, 0.15) is 54.5 Å². The molecule has 12 rings (SSSR count). The van der Waals surface area contributed by atoms with E-state index < -0.39 is 29.0 Å². The van der Waals surface area contributed by atoms with Gasteiger partial charge in [0.1, 0.15) is 11.6 Å². The van der Waals surface area contributed by atoms with E-state index in [0.29, 0.717) is 41.0 Å². The summed E-state index contributed by atoms with van der Waals surface area (Å²) in [7, 11) is 0. The lowest BCUT2D eigenvalue weighted by atomic mass is 9.94. The molecule has 0 amide bonds. The van der Waals surface area contributed by atoms with Gasteiger partial charge >= 0.3 is 12.4 Å². The standard InChI is InChI=1S/C67H47F6N3/c1-39-9-5-13-43(27-39)47-17-22-54-55-23-18-48(44-14-6-10-40(2)28-44)32-61(55)75(60(54)31-47)64-35-51(53-26-21-52(66(68,69)70)37-59(53)67(71,72)73)36-65(58(64)38-74)76-62-33-49(45-15-7-11-41(3)29-45)19-24-56(62)57-25-20-50(34-63(57)76)46-16-8-12-42(4)30-46/h5-28,31-37H,29-30H2,1-4H3. The topological polar surface area (TPSA) is 33.6 Å². The van der Waals surface area contributed by atoms with Crippen LogP contribution < -0.4 is 10.4 Å². The number of alkyl halides is 6. The zero-order valence-corrected chi connectivity index (χ0v) is 41.9. The van der Waals surface area contributed by atoms with Crippen molar-refractivity contribution in [2.75, 3.05) is 0 Å². The number of nitrogens with zero attached hydrogens (tertiary/aromatic N) is 3. The van der Waals surface area contributed by atoms with Gasteiger partial charge in [-0.25, -0.2) is 0 Å². The second-order valence-corrected chi connectivity index (χ2v) is 20.2. The monoisotopic (exact) mass is 1010 g/mol. The van der Waals surface area contributed by atoms with Crippen molar-refractivity contribution in [2.24, 2.45) is 0 Å². The zero-order chi connectivity index (χ0) is 52.8. The van der Waals surface area contributed by atoms with Crippen LogP contribution in [-0.2, 0) is 12.4 Å². The second kappa shape index (κ2) is 18.2. The molecule has 0 aliphatic heterocycles. The molecule has 0 spiro atoms. The van der Waals surface area contributed by atoms with Crippen LogP contribution >= 0.6 is 0 Å². The normalized spacial score (nSPS) is 15.5. The molecule has 0 bridgehead atoms. The Bertz CT molecular complexity index is 4220. The van der Waals surface area contributed by atoms with E-state index in [1.165, 1.54) is 17.2 Å². The summed E-state index contributed by atoms with van der Waals surface area (Å²) in [5.74, 6) is 0. The van der Waals surface area contributed by atoms with E-state index in [2.05, 4.69) is 92.8 Å². The van der Waals surface area contributed by atoms with Crippen molar-refractivity contribution in [1.29, 1.82) is 5.26 Å². The molecule has 10 aromatic rings. The molecule has 2 aliphatic rings. The van der Waals surface area contributed by atoms with E-state index in [-0.39, 0.29) is 28.6 Å². The van der Waals surface area contributed by atoms with Crippen LogP contribution in [0.25, 0.3) is 99.5 Å². The second-order valence-electron chi connectivity index (χ2n) is 20.2. The largest absolute Gasteiger partial charge is 0.417 e. The number of aromatic nitrogens is 2. The van der Waals surface area contributed by atoms with Gasteiger partial charge in [-0.15, -0.1) is 0 Å². The molecule has 0 atom stereocenters. The molecule has 2 heterocycles. The van der Waals surface area contributed by atoms with Crippen LogP contribution in [0.15, 0.2) is 199 Å². The van der Waals surface area contributed by atoms with Crippen LogP contribution in [0.4, 0.5) is 26.3 Å². The Morgan fingerprint density at radius 1 is 0.447 bits per heavy atom. The van der Waals surface area contributed by atoms with Gasteiger partial charge in [-0.1, -0.05) is 162 Å². The minimum atomic E-state index is -5.20. The maximum atomic E-state index is 15.5. The molecule has 3 nitrogen and oxygen atoms in total. The lowest BCUT2D eigenvalue weighted by molar-refractivity contribution is -0.142. The molecule has 8 aromatic carbocycles. The van der Waals surface area contributed by atoms with E-state index in [9.17, 15) is 18.4 Å². The number of fused-ring (bicyclic) bond motifs is 6. The van der Waals surface area contributed by atoms with Gasteiger partial charge in [0.05, 0.1) is 44.6 Å². The molecule has 0 fully saturated rings. The average molecular weight is 1010 g/mol. The predicted molar refractivity (Wildman–Crippen MR) is 297 cm³/mol. The Labute approximate surface area is 434 Å². The van der Waals surface area contributed by atoms with Crippen molar-refractivity contribution in [3.63, 3.8) is 0 Å². The Morgan fingerprint density at radius 3 is 1.32 bits per heavy atom. The third-order valence-electron chi connectivity index (χ3n) is 14.9. The molecule has 0 unspecified atom stereocenters. The van der Waals surface area contributed by atoms with Crippen molar-refractivity contribution >= 4 is 54.8 Å². The summed E-state index contributed by atoms with van der Waals surface area (Å²) < 4.78 is 93.7. The third kappa shape index (κ3) is 8.44.